The molecular weight excluding hydrogens is 292 g/mol. The quantitative estimate of drug-likeness (QED) is 0.853. The number of aliphatic hydroxyl groups excluding tert-OH is 1. The van der Waals surface area contributed by atoms with E-state index < -0.39 is 0 Å². The molecule has 0 aliphatic heterocycles. The van der Waals surface area contributed by atoms with E-state index in [-0.39, 0.29) is 24.8 Å². The number of amides is 1. The van der Waals surface area contributed by atoms with E-state index in [9.17, 15) is 9.90 Å². The summed E-state index contributed by atoms with van der Waals surface area (Å²) in [5.74, 6) is 0.555. The van der Waals surface area contributed by atoms with Crippen LogP contribution in [-0.4, -0.2) is 40.6 Å². The summed E-state index contributed by atoms with van der Waals surface area (Å²) in [6.07, 6.45) is 4.49. The molecule has 0 saturated heterocycles. The number of benzene rings is 1. The first-order valence-electron chi connectivity index (χ1n) is 7.73. The van der Waals surface area contributed by atoms with Crippen molar-refractivity contribution in [3.8, 4) is 0 Å². The Kier molecular flexibility index (Phi) is 6.11. The van der Waals surface area contributed by atoms with E-state index in [2.05, 4.69) is 4.98 Å². The van der Waals surface area contributed by atoms with Gasteiger partial charge in [0.15, 0.2) is 5.89 Å². The summed E-state index contributed by atoms with van der Waals surface area (Å²) in [6, 6.07) is 9.85. The normalized spacial score (nSPS) is 11.1. The SMILES string of the molecule is CCc1nc(C)c(C(=O)N(C/C=C/c2ccccc2)CCO)o1. The van der Waals surface area contributed by atoms with Gasteiger partial charge in [0.05, 0.1) is 12.3 Å². The minimum absolute atomic E-state index is 0.0985. The lowest BCUT2D eigenvalue weighted by atomic mass is 10.2. The third-order valence-electron chi connectivity index (χ3n) is 3.43. The molecule has 0 aliphatic carbocycles. The first kappa shape index (κ1) is 17.0. The van der Waals surface area contributed by atoms with Crippen molar-refractivity contribution >= 4 is 12.0 Å². The van der Waals surface area contributed by atoms with Crippen molar-refractivity contribution in [2.24, 2.45) is 0 Å². The van der Waals surface area contributed by atoms with Crippen LogP contribution in [0.15, 0.2) is 40.8 Å². The Morgan fingerprint density at radius 1 is 1.35 bits per heavy atom. The molecule has 0 unspecified atom stereocenters. The summed E-state index contributed by atoms with van der Waals surface area (Å²) >= 11 is 0. The molecule has 1 aromatic heterocycles. The second kappa shape index (κ2) is 8.29. The molecule has 0 fully saturated rings. The highest BCUT2D eigenvalue weighted by molar-refractivity contribution is 5.92. The van der Waals surface area contributed by atoms with Crippen LogP contribution in [0.4, 0.5) is 0 Å². The predicted molar refractivity (Wildman–Crippen MR) is 89.1 cm³/mol. The number of carbonyl (C=O) groups excluding carboxylic acids is 1. The molecule has 122 valence electrons. The molecule has 5 heteroatoms. The Labute approximate surface area is 136 Å². The summed E-state index contributed by atoms with van der Waals surface area (Å²) in [5, 5.41) is 9.21. The lowest BCUT2D eigenvalue weighted by Gasteiger charge is -2.18. The van der Waals surface area contributed by atoms with Gasteiger partial charge in [0, 0.05) is 19.5 Å². The average Bonchev–Trinajstić information content (AvgIpc) is 2.95. The molecular formula is C18H22N2O3. The molecule has 0 aliphatic rings. The van der Waals surface area contributed by atoms with Crippen molar-refractivity contribution in [3.63, 3.8) is 0 Å². The maximum Gasteiger partial charge on any atom is 0.291 e. The highest BCUT2D eigenvalue weighted by atomic mass is 16.4. The number of carbonyl (C=O) groups is 1. The van der Waals surface area contributed by atoms with Crippen molar-refractivity contribution in [3.05, 3.63) is 59.3 Å². The fourth-order valence-electron chi connectivity index (χ4n) is 2.22. The van der Waals surface area contributed by atoms with Gasteiger partial charge in [0.1, 0.15) is 0 Å². The summed E-state index contributed by atoms with van der Waals surface area (Å²) in [7, 11) is 0. The van der Waals surface area contributed by atoms with E-state index in [1.165, 1.54) is 0 Å². The summed E-state index contributed by atoms with van der Waals surface area (Å²) in [6.45, 7) is 4.23. The van der Waals surface area contributed by atoms with Crippen molar-refractivity contribution < 1.29 is 14.3 Å². The fourth-order valence-corrected chi connectivity index (χ4v) is 2.22. The first-order chi connectivity index (χ1) is 11.2. The summed E-state index contributed by atoms with van der Waals surface area (Å²) < 4.78 is 5.51. The molecule has 0 bridgehead atoms. The van der Waals surface area contributed by atoms with Gasteiger partial charge in [0.2, 0.25) is 5.76 Å². The third kappa shape index (κ3) is 4.53. The number of rotatable bonds is 7. The molecule has 0 atom stereocenters. The van der Waals surface area contributed by atoms with Gasteiger partial charge in [-0.15, -0.1) is 0 Å². The first-order valence-corrected chi connectivity index (χ1v) is 7.73. The molecule has 2 aromatic rings. The summed E-state index contributed by atoms with van der Waals surface area (Å²) in [4.78, 5) is 18.3. The minimum atomic E-state index is -0.249. The second-order valence-electron chi connectivity index (χ2n) is 5.16. The van der Waals surface area contributed by atoms with E-state index in [0.717, 1.165) is 5.56 Å². The van der Waals surface area contributed by atoms with Crippen molar-refractivity contribution in [2.75, 3.05) is 19.7 Å². The van der Waals surface area contributed by atoms with Gasteiger partial charge in [-0.1, -0.05) is 49.4 Å². The van der Waals surface area contributed by atoms with Crippen LogP contribution < -0.4 is 0 Å². The average molecular weight is 314 g/mol. The van der Waals surface area contributed by atoms with Gasteiger partial charge in [-0.25, -0.2) is 4.98 Å². The molecule has 1 N–H and O–H groups in total. The van der Waals surface area contributed by atoms with Crippen LogP contribution in [0.25, 0.3) is 6.08 Å². The minimum Gasteiger partial charge on any atom is -0.435 e. The lowest BCUT2D eigenvalue weighted by Crippen LogP contribution is -2.33. The predicted octanol–water partition coefficient (Wildman–Crippen LogP) is 2.69. The molecule has 0 saturated carbocycles. The van der Waals surface area contributed by atoms with Crippen molar-refractivity contribution in [2.45, 2.75) is 20.3 Å². The highest BCUT2D eigenvalue weighted by Crippen LogP contribution is 2.14. The second-order valence-corrected chi connectivity index (χ2v) is 5.16. The number of oxazole rings is 1. The van der Waals surface area contributed by atoms with Gasteiger partial charge in [-0.05, 0) is 12.5 Å². The van der Waals surface area contributed by atoms with Gasteiger partial charge in [-0.2, -0.15) is 0 Å². The molecule has 0 spiro atoms. The number of nitrogens with zero attached hydrogens (tertiary/aromatic N) is 2. The van der Waals surface area contributed by atoms with Crippen LogP contribution in [0.1, 0.15) is 34.6 Å². The van der Waals surface area contributed by atoms with Gasteiger partial charge in [-0.3, -0.25) is 4.79 Å². The monoisotopic (exact) mass is 314 g/mol. The molecule has 2 rings (SSSR count). The Bertz CT molecular complexity index is 662. The Hall–Kier alpha value is -2.40. The van der Waals surface area contributed by atoms with Crippen LogP contribution in [0, 0.1) is 6.92 Å². The zero-order valence-electron chi connectivity index (χ0n) is 13.5. The zero-order valence-corrected chi connectivity index (χ0v) is 13.5. The van der Waals surface area contributed by atoms with Crippen molar-refractivity contribution in [1.82, 2.24) is 9.88 Å². The van der Waals surface area contributed by atoms with E-state index in [1.807, 2.05) is 49.4 Å². The number of aryl methyl sites for hydroxylation is 2. The third-order valence-corrected chi connectivity index (χ3v) is 3.43. The Morgan fingerprint density at radius 3 is 2.70 bits per heavy atom. The van der Waals surface area contributed by atoms with Gasteiger partial charge >= 0.3 is 0 Å². The topological polar surface area (TPSA) is 66.6 Å². The van der Waals surface area contributed by atoms with Crippen LogP contribution >= 0.6 is 0 Å². The molecule has 0 radical (unpaired) electrons. The molecule has 1 aromatic carbocycles. The summed E-state index contributed by atoms with van der Waals surface area (Å²) in [5.41, 5.74) is 1.65. The van der Waals surface area contributed by atoms with E-state index in [4.69, 9.17) is 4.42 Å². The number of aliphatic hydroxyl groups is 1. The number of hydrogen-bond acceptors (Lipinski definition) is 4. The van der Waals surface area contributed by atoms with Gasteiger partial charge < -0.3 is 14.4 Å². The van der Waals surface area contributed by atoms with Gasteiger partial charge in [0.25, 0.3) is 5.91 Å². The highest BCUT2D eigenvalue weighted by Gasteiger charge is 2.22. The zero-order chi connectivity index (χ0) is 16.7. The lowest BCUT2D eigenvalue weighted by molar-refractivity contribution is 0.0708. The maximum absolute atomic E-state index is 12.6. The van der Waals surface area contributed by atoms with Crippen LogP contribution in [-0.2, 0) is 6.42 Å². The fraction of sp³-hybridized carbons (Fsp3) is 0.333. The van der Waals surface area contributed by atoms with E-state index in [0.29, 0.717) is 24.6 Å². The Morgan fingerprint density at radius 2 is 2.09 bits per heavy atom. The number of aromatic nitrogens is 1. The van der Waals surface area contributed by atoms with Crippen LogP contribution in [0.5, 0.6) is 0 Å². The van der Waals surface area contributed by atoms with Crippen LogP contribution in [0.2, 0.25) is 0 Å². The standard InChI is InChI=1S/C18H22N2O3/c1-3-16-19-14(2)17(23-16)18(22)20(12-13-21)11-7-10-15-8-5-4-6-9-15/h4-10,21H,3,11-13H2,1-2H3/b10-7+. The van der Waals surface area contributed by atoms with Crippen LogP contribution in [0.3, 0.4) is 0 Å². The molecule has 23 heavy (non-hydrogen) atoms. The van der Waals surface area contributed by atoms with Crippen molar-refractivity contribution in [1.29, 1.82) is 0 Å². The Balaban J connectivity index is 2.09. The smallest absolute Gasteiger partial charge is 0.291 e. The largest absolute Gasteiger partial charge is 0.435 e. The molecule has 1 heterocycles. The maximum atomic E-state index is 12.6. The molecule has 1 amide bonds. The van der Waals surface area contributed by atoms with E-state index >= 15 is 0 Å². The van der Waals surface area contributed by atoms with E-state index in [1.54, 1.807) is 11.8 Å². The molecule has 5 nitrogen and oxygen atoms in total. The number of hydrogen-bond donors (Lipinski definition) is 1.